The highest BCUT2D eigenvalue weighted by Crippen LogP contribution is 2.16. The van der Waals surface area contributed by atoms with Gasteiger partial charge < -0.3 is 20.6 Å². The maximum absolute atomic E-state index is 13.6. The number of hydrogen-bond acceptors (Lipinski definition) is 3. The zero-order valence-electron chi connectivity index (χ0n) is 11.7. The summed E-state index contributed by atoms with van der Waals surface area (Å²) < 4.78 is 13.6. The van der Waals surface area contributed by atoms with E-state index in [0.717, 1.165) is 44.1 Å². The number of carbonyl (C=O) groups is 2. The molecule has 0 saturated carbocycles. The predicted octanol–water partition coefficient (Wildman–Crippen LogP) is 1.74. The molecule has 1 aliphatic rings. The van der Waals surface area contributed by atoms with Gasteiger partial charge in [0.25, 0.3) is 0 Å². The Hall–Kier alpha value is -2.15. The summed E-state index contributed by atoms with van der Waals surface area (Å²) in [6.45, 7) is 1.79. The average Bonchev–Trinajstić information content (AvgIpc) is 2.43. The minimum absolute atomic E-state index is 0.0481. The van der Waals surface area contributed by atoms with Crippen molar-refractivity contribution < 1.29 is 19.1 Å². The summed E-state index contributed by atoms with van der Waals surface area (Å²) in [4.78, 5) is 24.9. The lowest BCUT2D eigenvalue weighted by atomic mass is 10.1. The van der Waals surface area contributed by atoms with Crippen molar-refractivity contribution in [3.8, 4) is 0 Å². The van der Waals surface area contributed by atoms with Crippen LogP contribution < -0.4 is 10.6 Å². The number of benzene rings is 1. The summed E-state index contributed by atoms with van der Waals surface area (Å²) >= 11 is 0. The molecule has 0 atom stereocenters. The van der Waals surface area contributed by atoms with Gasteiger partial charge >= 0.3 is 12.0 Å². The normalized spacial score (nSPS) is 16.5. The first kappa shape index (κ1) is 15.2. The SMILES string of the molecule is CN1CCC(NC(=O)Nc2cc(C(=O)O)ccc2F)CC1. The molecule has 1 aromatic carbocycles. The number of anilines is 1. The van der Waals surface area contributed by atoms with Crippen LogP contribution in [0.4, 0.5) is 14.9 Å². The lowest BCUT2D eigenvalue weighted by Gasteiger charge is -2.29. The zero-order valence-corrected chi connectivity index (χ0v) is 11.7. The molecule has 0 aliphatic carbocycles. The van der Waals surface area contributed by atoms with E-state index in [4.69, 9.17) is 5.11 Å². The summed E-state index contributed by atoms with van der Waals surface area (Å²) in [6.07, 6.45) is 1.67. The van der Waals surface area contributed by atoms with Crippen molar-refractivity contribution in [3.05, 3.63) is 29.6 Å². The number of carboxylic acid groups (broad SMARTS) is 1. The van der Waals surface area contributed by atoms with Crippen LogP contribution in [-0.2, 0) is 0 Å². The van der Waals surface area contributed by atoms with Crippen molar-refractivity contribution in [2.45, 2.75) is 18.9 Å². The highest BCUT2D eigenvalue weighted by Gasteiger charge is 2.19. The molecule has 7 heteroatoms. The maximum Gasteiger partial charge on any atom is 0.335 e. The van der Waals surface area contributed by atoms with E-state index in [9.17, 15) is 14.0 Å². The zero-order chi connectivity index (χ0) is 15.4. The number of carboxylic acids is 1. The number of halogens is 1. The number of nitrogens with zero attached hydrogens (tertiary/aromatic N) is 1. The van der Waals surface area contributed by atoms with Gasteiger partial charge in [-0.2, -0.15) is 0 Å². The van der Waals surface area contributed by atoms with Crippen LogP contribution in [0.5, 0.6) is 0 Å². The molecule has 1 aliphatic heterocycles. The minimum atomic E-state index is -1.17. The fraction of sp³-hybridized carbons (Fsp3) is 0.429. The second-order valence-corrected chi connectivity index (χ2v) is 5.18. The first-order valence-electron chi connectivity index (χ1n) is 6.74. The number of carbonyl (C=O) groups excluding carboxylic acids is 1. The largest absolute Gasteiger partial charge is 0.478 e. The highest BCUT2D eigenvalue weighted by atomic mass is 19.1. The summed E-state index contributed by atoms with van der Waals surface area (Å²) in [6, 6.07) is 2.80. The van der Waals surface area contributed by atoms with Crippen LogP contribution in [0.1, 0.15) is 23.2 Å². The van der Waals surface area contributed by atoms with E-state index in [1.54, 1.807) is 0 Å². The van der Waals surface area contributed by atoms with E-state index < -0.39 is 17.8 Å². The summed E-state index contributed by atoms with van der Waals surface area (Å²) in [7, 11) is 2.02. The van der Waals surface area contributed by atoms with Crippen molar-refractivity contribution >= 4 is 17.7 Å². The van der Waals surface area contributed by atoms with E-state index in [-0.39, 0.29) is 17.3 Å². The Balaban J connectivity index is 1.96. The van der Waals surface area contributed by atoms with E-state index in [1.807, 2.05) is 7.05 Å². The van der Waals surface area contributed by atoms with E-state index >= 15 is 0 Å². The number of urea groups is 1. The topological polar surface area (TPSA) is 81.7 Å². The molecule has 0 radical (unpaired) electrons. The molecule has 0 aromatic heterocycles. The standard InChI is InChI=1S/C14H18FN3O3/c1-18-6-4-10(5-7-18)16-14(21)17-12-8-9(13(19)20)2-3-11(12)15/h2-3,8,10H,4-7H2,1H3,(H,19,20)(H2,16,17,21). The fourth-order valence-corrected chi connectivity index (χ4v) is 2.25. The van der Waals surface area contributed by atoms with Crippen LogP contribution in [0.2, 0.25) is 0 Å². The van der Waals surface area contributed by atoms with Crippen molar-refractivity contribution in [1.29, 1.82) is 0 Å². The van der Waals surface area contributed by atoms with Gasteiger partial charge in [-0.15, -0.1) is 0 Å². The Bertz CT molecular complexity index is 542. The Labute approximate surface area is 121 Å². The molecule has 3 N–H and O–H groups in total. The predicted molar refractivity (Wildman–Crippen MR) is 76.0 cm³/mol. The van der Waals surface area contributed by atoms with E-state index in [0.29, 0.717) is 0 Å². The quantitative estimate of drug-likeness (QED) is 0.793. The van der Waals surface area contributed by atoms with Gasteiger partial charge in [-0.25, -0.2) is 14.0 Å². The fourth-order valence-electron chi connectivity index (χ4n) is 2.25. The van der Waals surface area contributed by atoms with Crippen LogP contribution in [0.15, 0.2) is 18.2 Å². The second kappa shape index (κ2) is 6.53. The maximum atomic E-state index is 13.6. The number of nitrogens with one attached hydrogen (secondary N) is 2. The number of likely N-dealkylation sites (tertiary alicyclic amines) is 1. The van der Waals surface area contributed by atoms with Gasteiger partial charge in [0.1, 0.15) is 5.82 Å². The Morgan fingerprint density at radius 2 is 2.00 bits per heavy atom. The Morgan fingerprint density at radius 3 is 2.62 bits per heavy atom. The average molecular weight is 295 g/mol. The van der Waals surface area contributed by atoms with Crippen molar-refractivity contribution in [2.75, 3.05) is 25.5 Å². The van der Waals surface area contributed by atoms with Crippen LogP contribution in [-0.4, -0.2) is 48.2 Å². The minimum Gasteiger partial charge on any atom is -0.478 e. The molecule has 1 saturated heterocycles. The van der Waals surface area contributed by atoms with Crippen molar-refractivity contribution in [1.82, 2.24) is 10.2 Å². The highest BCUT2D eigenvalue weighted by molar-refractivity contribution is 5.93. The number of piperidine rings is 1. The smallest absolute Gasteiger partial charge is 0.335 e. The number of amides is 2. The Morgan fingerprint density at radius 1 is 1.33 bits per heavy atom. The molecular weight excluding hydrogens is 277 g/mol. The van der Waals surface area contributed by atoms with Crippen LogP contribution in [0.25, 0.3) is 0 Å². The molecule has 6 nitrogen and oxygen atoms in total. The monoisotopic (exact) mass is 295 g/mol. The molecule has 0 bridgehead atoms. The number of aromatic carboxylic acids is 1. The molecule has 0 unspecified atom stereocenters. The van der Waals surface area contributed by atoms with Gasteiger partial charge in [-0.05, 0) is 51.2 Å². The molecule has 0 spiro atoms. The van der Waals surface area contributed by atoms with E-state index in [2.05, 4.69) is 15.5 Å². The summed E-state index contributed by atoms with van der Waals surface area (Å²) in [5.74, 6) is -1.84. The first-order chi connectivity index (χ1) is 9.95. The van der Waals surface area contributed by atoms with Gasteiger partial charge in [0.15, 0.2) is 0 Å². The summed E-state index contributed by atoms with van der Waals surface area (Å²) in [5.41, 5.74) is -0.216. The van der Waals surface area contributed by atoms with Gasteiger partial charge in [0.2, 0.25) is 0 Å². The van der Waals surface area contributed by atoms with Gasteiger partial charge in [0, 0.05) is 6.04 Å². The van der Waals surface area contributed by atoms with Gasteiger partial charge in [-0.1, -0.05) is 0 Å². The molecule has 1 heterocycles. The lowest BCUT2D eigenvalue weighted by molar-refractivity contribution is 0.0697. The van der Waals surface area contributed by atoms with Crippen LogP contribution in [0.3, 0.4) is 0 Å². The Kier molecular flexibility index (Phi) is 4.74. The molecule has 21 heavy (non-hydrogen) atoms. The van der Waals surface area contributed by atoms with Gasteiger partial charge in [0.05, 0.1) is 11.3 Å². The number of rotatable bonds is 3. The first-order valence-corrected chi connectivity index (χ1v) is 6.74. The van der Waals surface area contributed by atoms with Crippen molar-refractivity contribution in [2.24, 2.45) is 0 Å². The molecule has 1 fully saturated rings. The third kappa shape index (κ3) is 4.16. The molecule has 2 amide bonds. The van der Waals surface area contributed by atoms with E-state index in [1.165, 1.54) is 0 Å². The van der Waals surface area contributed by atoms with Crippen LogP contribution in [0, 0.1) is 5.82 Å². The molecular formula is C14H18FN3O3. The number of hydrogen-bond donors (Lipinski definition) is 3. The second-order valence-electron chi connectivity index (χ2n) is 5.18. The van der Waals surface area contributed by atoms with Gasteiger partial charge in [-0.3, -0.25) is 0 Å². The lowest BCUT2D eigenvalue weighted by Crippen LogP contribution is -2.44. The molecule has 2 rings (SSSR count). The third-order valence-corrected chi connectivity index (χ3v) is 3.52. The third-order valence-electron chi connectivity index (χ3n) is 3.52. The van der Waals surface area contributed by atoms with Crippen LogP contribution >= 0.6 is 0 Å². The molecule has 114 valence electrons. The van der Waals surface area contributed by atoms with Crippen molar-refractivity contribution in [3.63, 3.8) is 0 Å². The molecule has 1 aromatic rings. The summed E-state index contributed by atoms with van der Waals surface area (Å²) in [5, 5.41) is 14.0.